The molecule has 7 heteroatoms. The topological polar surface area (TPSA) is 96.3 Å². The molecule has 0 aliphatic heterocycles. The van der Waals surface area contributed by atoms with E-state index in [1.54, 1.807) is 13.2 Å². The van der Waals surface area contributed by atoms with E-state index >= 15 is 0 Å². The summed E-state index contributed by atoms with van der Waals surface area (Å²) in [6.45, 7) is 5.69. The molecule has 0 aliphatic carbocycles. The van der Waals surface area contributed by atoms with Crippen molar-refractivity contribution in [3.05, 3.63) is 69.1 Å². The Bertz CT molecular complexity index is 892. The van der Waals surface area contributed by atoms with Gasteiger partial charge in [0, 0.05) is 18.0 Å². The van der Waals surface area contributed by atoms with Crippen molar-refractivity contribution in [2.75, 3.05) is 26.8 Å². The van der Waals surface area contributed by atoms with Gasteiger partial charge in [0.1, 0.15) is 0 Å². The summed E-state index contributed by atoms with van der Waals surface area (Å²) in [5.41, 5.74) is 13.0. The van der Waals surface area contributed by atoms with Crippen molar-refractivity contribution in [3.8, 4) is 11.5 Å². The fraction of sp³-hybridized carbons (Fsp3) is 0.435. The van der Waals surface area contributed by atoms with Crippen LogP contribution < -0.4 is 14.8 Å². The minimum atomic E-state index is -0.0137. The summed E-state index contributed by atoms with van der Waals surface area (Å²) >= 11 is 0. The number of aryl methyl sites for hydroxylation is 3. The van der Waals surface area contributed by atoms with Gasteiger partial charge in [-0.2, -0.15) is 0 Å². The van der Waals surface area contributed by atoms with E-state index in [-0.39, 0.29) is 12.3 Å². The lowest BCUT2D eigenvalue weighted by Gasteiger charge is -2.12. The standard InChI is InChI=1S/C23H30N4O3/c1-17-7-8-19(14-18(17)2)6-4-11-25-23(28)16-20-9-10-21(22(15-20)29-3)30-13-5-12-26-27-24/h7-10,14-15H,4-6,11-13,16H2,1-3H3,(H,25,28). The Labute approximate surface area is 178 Å². The number of benzene rings is 2. The molecule has 0 spiro atoms. The van der Waals surface area contributed by atoms with Crippen molar-refractivity contribution in [1.29, 1.82) is 0 Å². The van der Waals surface area contributed by atoms with Crippen LogP contribution in [-0.4, -0.2) is 32.7 Å². The number of amides is 1. The molecule has 1 amide bonds. The fourth-order valence-corrected chi connectivity index (χ4v) is 3.03. The first kappa shape index (κ1) is 23.1. The zero-order valence-corrected chi connectivity index (χ0v) is 18.0. The Morgan fingerprint density at radius 2 is 1.87 bits per heavy atom. The number of hydrogen-bond donors (Lipinski definition) is 1. The molecule has 0 aliphatic rings. The summed E-state index contributed by atoms with van der Waals surface area (Å²) in [7, 11) is 1.57. The smallest absolute Gasteiger partial charge is 0.224 e. The van der Waals surface area contributed by atoms with E-state index < -0.39 is 0 Å². The summed E-state index contributed by atoms with van der Waals surface area (Å²) in [6.07, 6.45) is 2.76. The predicted molar refractivity (Wildman–Crippen MR) is 118 cm³/mol. The lowest BCUT2D eigenvalue weighted by Crippen LogP contribution is -2.26. The van der Waals surface area contributed by atoms with Crippen molar-refractivity contribution in [2.24, 2.45) is 5.11 Å². The van der Waals surface area contributed by atoms with Crippen LogP contribution in [0.15, 0.2) is 41.5 Å². The molecule has 1 N–H and O–H groups in total. The highest BCUT2D eigenvalue weighted by Gasteiger charge is 2.09. The predicted octanol–water partition coefficient (Wildman–Crippen LogP) is 4.68. The van der Waals surface area contributed by atoms with Crippen LogP contribution in [0.25, 0.3) is 10.4 Å². The first-order chi connectivity index (χ1) is 14.5. The van der Waals surface area contributed by atoms with E-state index in [9.17, 15) is 4.79 Å². The van der Waals surface area contributed by atoms with Crippen molar-refractivity contribution in [2.45, 2.75) is 39.5 Å². The van der Waals surface area contributed by atoms with Gasteiger partial charge >= 0.3 is 0 Å². The van der Waals surface area contributed by atoms with E-state index in [0.717, 1.165) is 18.4 Å². The van der Waals surface area contributed by atoms with Crippen LogP contribution in [0.4, 0.5) is 0 Å². The van der Waals surface area contributed by atoms with Gasteiger partial charge in [-0.15, -0.1) is 0 Å². The molecule has 0 atom stereocenters. The third-order valence-corrected chi connectivity index (χ3v) is 4.85. The molecule has 0 fully saturated rings. The monoisotopic (exact) mass is 410 g/mol. The third-order valence-electron chi connectivity index (χ3n) is 4.85. The molecule has 7 nitrogen and oxygen atoms in total. The Morgan fingerprint density at radius 1 is 1.07 bits per heavy atom. The van der Waals surface area contributed by atoms with E-state index in [2.05, 4.69) is 47.4 Å². The van der Waals surface area contributed by atoms with Crippen molar-refractivity contribution in [1.82, 2.24) is 5.32 Å². The first-order valence-corrected chi connectivity index (χ1v) is 10.2. The van der Waals surface area contributed by atoms with Gasteiger partial charge in [-0.3, -0.25) is 4.79 Å². The lowest BCUT2D eigenvalue weighted by molar-refractivity contribution is -0.120. The zero-order chi connectivity index (χ0) is 21.8. The number of carbonyl (C=O) groups excluding carboxylic acids is 1. The number of carbonyl (C=O) groups is 1. The highest BCUT2D eigenvalue weighted by molar-refractivity contribution is 5.78. The summed E-state index contributed by atoms with van der Waals surface area (Å²) in [6, 6.07) is 12.0. The van der Waals surface area contributed by atoms with Crippen LogP contribution >= 0.6 is 0 Å². The highest BCUT2D eigenvalue weighted by Crippen LogP contribution is 2.28. The quantitative estimate of drug-likeness (QED) is 0.238. The second-order valence-corrected chi connectivity index (χ2v) is 7.19. The third kappa shape index (κ3) is 7.68. The van der Waals surface area contributed by atoms with Gasteiger partial charge in [-0.1, -0.05) is 29.4 Å². The molecular formula is C23H30N4O3. The molecule has 0 radical (unpaired) electrons. The average Bonchev–Trinajstić information content (AvgIpc) is 2.74. The molecule has 2 rings (SSSR count). The van der Waals surface area contributed by atoms with Gasteiger partial charge in [0.05, 0.1) is 20.1 Å². The number of nitrogens with one attached hydrogen (secondary N) is 1. The number of ether oxygens (including phenoxy) is 2. The van der Waals surface area contributed by atoms with Gasteiger partial charge in [0.25, 0.3) is 0 Å². The minimum Gasteiger partial charge on any atom is -0.493 e. The average molecular weight is 411 g/mol. The van der Waals surface area contributed by atoms with Gasteiger partial charge < -0.3 is 14.8 Å². The minimum absolute atomic E-state index is 0.0137. The Morgan fingerprint density at radius 3 is 2.60 bits per heavy atom. The molecule has 0 bridgehead atoms. The van der Waals surface area contributed by atoms with E-state index in [0.29, 0.717) is 37.6 Å². The Hall–Kier alpha value is -3.18. The number of methoxy groups -OCH3 is 1. The highest BCUT2D eigenvalue weighted by atomic mass is 16.5. The molecule has 2 aromatic rings. The van der Waals surface area contributed by atoms with Crippen LogP contribution in [0.3, 0.4) is 0 Å². The molecule has 0 heterocycles. The van der Waals surface area contributed by atoms with Crippen molar-refractivity contribution >= 4 is 5.91 Å². The number of nitrogens with zero attached hydrogens (tertiary/aromatic N) is 3. The van der Waals surface area contributed by atoms with Crippen molar-refractivity contribution in [3.63, 3.8) is 0 Å². The molecule has 0 unspecified atom stereocenters. The van der Waals surface area contributed by atoms with Crippen LogP contribution in [0.2, 0.25) is 0 Å². The normalized spacial score (nSPS) is 10.2. The molecule has 0 saturated heterocycles. The second-order valence-electron chi connectivity index (χ2n) is 7.19. The first-order valence-electron chi connectivity index (χ1n) is 10.2. The van der Waals surface area contributed by atoms with Gasteiger partial charge in [-0.05, 0) is 73.0 Å². The largest absolute Gasteiger partial charge is 0.493 e. The summed E-state index contributed by atoms with van der Waals surface area (Å²) < 4.78 is 11.0. The number of rotatable bonds is 12. The maximum atomic E-state index is 12.3. The van der Waals surface area contributed by atoms with E-state index in [1.807, 2.05) is 12.1 Å². The van der Waals surface area contributed by atoms with E-state index in [4.69, 9.17) is 15.0 Å². The maximum Gasteiger partial charge on any atom is 0.224 e. The molecular weight excluding hydrogens is 380 g/mol. The van der Waals surface area contributed by atoms with Gasteiger partial charge in [0.15, 0.2) is 11.5 Å². The van der Waals surface area contributed by atoms with Gasteiger partial charge in [0.2, 0.25) is 5.91 Å². The second kappa shape index (κ2) is 12.4. The molecule has 160 valence electrons. The molecule has 2 aromatic carbocycles. The molecule has 0 aromatic heterocycles. The van der Waals surface area contributed by atoms with Gasteiger partial charge in [-0.25, -0.2) is 0 Å². The number of azide groups is 1. The number of hydrogen-bond acceptors (Lipinski definition) is 4. The SMILES string of the molecule is COc1cc(CC(=O)NCCCc2ccc(C)c(C)c2)ccc1OCCCN=[N+]=[N-]. The maximum absolute atomic E-state index is 12.3. The Kier molecular flexibility index (Phi) is 9.55. The summed E-state index contributed by atoms with van der Waals surface area (Å²) in [5, 5.41) is 6.45. The van der Waals surface area contributed by atoms with Crippen molar-refractivity contribution < 1.29 is 14.3 Å². The molecule has 0 saturated carbocycles. The fourth-order valence-electron chi connectivity index (χ4n) is 3.03. The van der Waals surface area contributed by atoms with Crippen LogP contribution in [-0.2, 0) is 17.6 Å². The zero-order valence-electron chi connectivity index (χ0n) is 18.0. The summed E-state index contributed by atoms with van der Waals surface area (Å²) in [4.78, 5) is 15.0. The van der Waals surface area contributed by atoms with Crippen LogP contribution in [0.5, 0.6) is 11.5 Å². The lowest BCUT2D eigenvalue weighted by atomic mass is 10.0. The van der Waals surface area contributed by atoms with Crippen LogP contribution in [0.1, 0.15) is 35.1 Å². The Balaban J connectivity index is 1.76. The van der Waals surface area contributed by atoms with Crippen LogP contribution in [0, 0.1) is 13.8 Å². The molecule has 30 heavy (non-hydrogen) atoms. The summed E-state index contributed by atoms with van der Waals surface area (Å²) in [5.74, 6) is 1.18. The van der Waals surface area contributed by atoms with E-state index in [1.165, 1.54) is 16.7 Å².